The lowest BCUT2D eigenvalue weighted by Gasteiger charge is -2.11. The molecular weight excluding hydrogens is 333 g/mol. The van der Waals surface area contributed by atoms with Crippen LogP contribution in [0.15, 0.2) is 12.2 Å². The number of aliphatic hydroxyl groups is 1. The highest BCUT2D eigenvalue weighted by atomic mass is 31.1. The summed E-state index contributed by atoms with van der Waals surface area (Å²) in [5.41, 5.74) is 0. The molecule has 4 nitrogen and oxygen atoms in total. The lowest BCUT2D eigenvalue weighted by molar-refractivity contribution is -0.126. The van der Waals surface area contributed by atoms with E-state index in [0.717, 1.165) is 30.4 Å². The molecule has 0 rings (SSSR count). The standard InChI is InChI=1S/C20H38NO3P/c1-2-3-4-5-6-7-8-9-10-11-12-13-14-15-16-17-20(23)21(25-24)18-19-22/h9-10,22H,2-8,11-19H2,1H3/b10-9-. The van der Waals surface area contributed by atoms with Crippen molar-refractivity contribution in [2.24, 2.45) is 0 Å². The maximum atomic E-state index is 11.7. The van der Waals surface area contributed by atoms with E-state index in [1.54, 1.807) is 0 Å². The number of unbranched alkanes of at least 4 members (excludes halogenated alkanes) is 11. The van der Waals surface area contributed by atoms with Crippen LogP contribution in [0, 0.1) is 0 Å². The van der Waals surface area contributed by atoms with Crippen LogP contribution in [-0.2, 0) is 9.36 Å². The van der Waals surface area contributed by atoms with Crippen LogP contribution in [0.3, 0.4) is 0 Å². The molecule has 146 valence electrons. The normalized spacial score (nSPS) is 11.4. The summed E-state index contributed by atoms with van der Waals surface area (Å²) in [7, 11) is -0.315. The van der Waals surface area contributed by atoms with Crippen LogP contribution >= 0.6 is 8.61 Å². The quantitative estimate of drug-likeness (QED) is 0.181. The number of allylic oxidation sites excluding steroid dienone is 2. The van der Waals surface area contributed by atoms with Crippen molar-refractivity contribution < 1.29 is 14.5 Å². The molecule has 0 aliphatic heterocycles. The van der Waals surface area contributed by atoms with Gasteiger partial charge in [-0.3, -0.25) is 9.46 Å². The number of rotatable bonds is 18. The fourth-order valence-corrected chi connectivity index (χ4v) is 3.14. The number of amides is 1. The summed E-state index contributed by atoms with van der Waals surface area (Å²) in [6.45, 7) is 2.26. The van der Waals surface area contributed by atoms with Gasteiger partial charge in [0.25, 0.3) is 8.61 Å². The summed E-state index contributed by atoms with van der Waals surface area (Å²) in [4.78, 5) is 11.7. The highest BCUT2D eigenvalue weighted by Crippen LogP contribution is 2.12. The van der Waals surface area contributed by atoms with Crippen molar-refractivity contribution in [2.45, 2.75) is 96.8 Å². The summed E-state index contributed by atoms with van der Waals surface area (Å²) in [5.74, 6) is -0.136. The van der Waals surface area contributed by atoms with Crippen molar-refractivity contribution >= 4 is 14.5 Å². The summed E-state index contributed by atoms with van der Waals surface area (Å²) in [5, 5.41) is 8.78. The zero-order valence-electron chi connectivity index (χ0n) is 16.1. The van der Waals surface area contributed by atoms with Gasteiger partial charge in [0.05, 0.1) is 13.2 Å². The molecule has 0 spiro atoms. The molecule has 0 atom stereocenters. The van der Waals surface area contributed by atoms with Gasteiger partial charge in [0.2, 0.25) is 5.91 Å². The molecular formula is C20H38NO3P. The van der Waals surface area contributed by atoms with Crippen molar-refractivity contribution in [2.75, 3.05) is 13.2 Å². The molecule has 1 amide bonds. The first-order chi connectivity index (χ1) is 12.3. The molecule has 0 aliphatic carbocycles. The maximum absolute atomic E-state index is 11.7. The molecule has 0 unspecified atom stereocenters. The van der Waals surface area contributed by atoms with E-state index >= 15 is 0 Å². The second-order valence-electron chi connectivity index (χ2n) is 6.66. The van der Waals surface area contributed by atoms with Crippen LogP contribution < -0.4 is 0 Å². The molecule has 25 heavy (non-hydrogen) atoms. The largest absolute Gasteiger partial charge is 0.395 e. The van der Waals surface area contributed by atoms with Gasteiger partial charge in [-0.1, -0.05) is 70.4 Å². The topological polar surface area (TPSA) is 57.6 Å². The Hall–Kier alpha value is -0.730. The Kier molecular flexibility index (Phi) is 19.0. The summed E-state index contributed by atoms with van der Waals surface area (Å²) < 4.78 is 11.9. The Morgan fingerprint density at radius 2 is 1.40 bits per heavy atom. The molecule has 1 N–H and O–H groups in total. The van der Waals surface area contributed by atoms with E-state index < -0.39 is 0 Å². The molecule has 0 aromatic heterocycles. The van der Waals surface area contributed by atoms with Crippen LogP contribution in [-0.4, -0.2) is 28.8 Å². The number of aliphatic hydroxyl groups excluding tert-OH is 1. The first-order valence-electron chi connectivity index (χ1n) is 10.2. The molecule has 0 aliphatic rings. The zero-order chi connectivity index (χ0) is 18.6. The summed E-state index contributed by atoms with van der Waals surface area (Å²) in [6, 6.07) is 0. The Bertz CT molecular complexity index is 348. The summed E-state index contributed by atoms with van der Waals surface area (Å²) in [6.07, 6.45) is 21.1. The van der Waals surface area contributed by atoms with Gasteiger partial charge in [-0.25, -0.2) is 4.57 Å². The SMILES string of the molecule is CCCCCCCC/C=C\CCCCCCCC(=O)N(CCO)P=O. The van der Waals surface area contributed by atoms with Gasteiger partial charge in [-0.2, -0.15) is 0 Å². The fourth-order valence-electron chi connectivity index (χ4n) is 2.78. The maximum Gasteiger partial charge on any atom is 0.284 e. The third-order valence-corrected chi connectivity index (χ3v) is 4.97. The van der Waals surface area contributed by atoms with Gasteiger partial charge in [-0.05, 0) is 32.1 Å². The van der Waals surface area contributed by atoms with Crippen molar-refractivity contribution in [3.63, 3.8) is 0 Å². The molecule has 0 aromatic rings. The lowest BCUT2D eigenvalue weighted by atomic mass is 10.1. The van der Waals surface area contributed by atoms with Crippen molar-refractivity contribution in [3.8, 4) is 0 Å². The Balaban J connectivity index is 3.34. The Morgan fingerprint density at radius 1 is 0.880 bits per heavy atom. The number of hydrogen-bond acceptors (Lipinski definition) is 3. The summed E-state index contributed by atoms with van der Waals surface area (Å²) >= 11 is 0. The number of carbonyl (C=O) groups excluding carboxylic acids is 1. The zero-order valence-corrected chi connectivity index (χ0v) is 17.0. The minimum atomic E-state index is -0.315. The average Bonchev–Trinajstić information content (AvgIpc) is 2.62. The van der Waals surface area contributed by atoms with E-state index in [1.165, 1.54) is 57.8 Å². The van der Waals surface area contributed by atoms with Crippen LogP contribution in [0.5, 0.6) is 0 Å². The monoisotopic (exact) mass is 371 g/mol. The molecule has 0 bridgehead atoms. The lowest BCUT2D eigenvalue weighted by Crippen LogP contribution is -2.24. The van der Waals surface area contributed by atoms with Gasteiger partial charge < -0.3 is 5.11 Å². The predicted molar refractivity (Wildman–Crippen MR) is 106 cm³/mol. The van der Waals surface area contributed by atoms with Crippen molar-refractivity contribution in [1.29, 1.82) is 0 Å². The Morgan fingerprint density at radius 3 is 1.92 bits per heavy atom. The fraction of sp³-hybridized carbons (Fsp3) is 0.850. The second-order valence-corrected chi connectivity index (χ2v) is 7.30. The van der Waals surface area contributed by atoms with Crippen molar-refractivity contribution in [3.05, 3.63) is 12.2 Å². The van der Waals surface area contributed by atoms with E-state index in [-0.39, 0.29) is 27.7 Å². The number of hydrogen-bond donors (Lipinski definition) is 1. The van der Waals surface area contributed by atoms with Gasteiger partial charge in [0.15, 0.2) is 0 Å². The first kappa shape index (κ1) is 24.3. The molecule has 0 fully saturated rings. The molecule has 0 heterocycles. The average molecular weight is 372 g/mol. The van der Waals surface area contributed by atoms with E-state index in [4.69, 9.17) is 5.11 Å². The van der Waals surface area contributed by atoms with Gasteiger partial charge >= 0.3 is 0 Å². The van der Waals surface area contributed by atoms with Crippen LogP contribution in [0.4, 0.5) is 0 Å². The minimum Gasteiger partial charge on any atom is -0.395 e. The van der Waals surface area contributed by atoms with E-state index in [9.17, 15) is 9.36 Å². The van der Waals surface area contributed by atoms with Gasteiger partial charge in [0.1, 0.15) is 0 Å². The molecule has 0 aromatic carbocycles. The molecule has 0 saturated carbocycles. The molecule has 5 heteroatoms. The van der Waals surface area contributed by atoms with Crippen molar-refractivity contribution in [1.82, 2.24) is 4.67 Å². The van der Waals surface area contributed by atoms with Crippen LogP contribution in [0.1, 0.15) is 96.8 Å². The van der Waals surface area contributed by atoms with Crippen LogP contribution in [0.2, 0.25) is 0 Å². The smallest absolute Gasteiger partial charge is 0.284 e. The third kappa shape index (κ3) is 16.5. The third-order valence-electron chi connectivity index (χ3n) is 4.35. The minimum absolute atomic E-state index is 0.136. The predicted octanol–water partition coefficient (Wildman–Crippen LogP) is 6.05. The van der Waals surface area contributed by atoms with E-state index in [0.29, 0.717) is 6.42 Å². The van der Waals surface area contributed by atoms with E-state index in [1.807, 2.05) is 0 Å². The number of carbonyl (C=O) groups is 1. The first-order valence-corrected chi connectivity index (χ1v) is 10.9. The van der Waals surface area contributed by atoms with Crippen LogP contribution in [0.25, 0.3) is 0 Å². The molecule has 0 saturated heterocycles. The Labute approximate surface area is 156 Å². The highest BCUT2D eigenvalue weighted by Gasteiger charge is 2.11. The van der Waals surface area contributed by atoms with E-state index in [2.05, 4.69) is 19.1 Å². The molecule has 0 radical (unpaired) electrons. The van der Waals surface area contributed by atoms with Gasteiger partial charge in [-0.15, -0.1) is 0 Å². The number of nitrogens with zero attached hydrogens (tertiary/aromatic N) is 1. The second kappa shape index (κ2) is 19.6. The highest BCUT2D eigenvalue weighted by molar-refractivity contribution is 7.21. The van der Waals surface area contributed by atoms with Gasteiger partial charge in [0, 0.05) is 6.42 Å².